The Morgan fingerprint density at radius 3 is 2.53 bits per heavy atom. The van der Waals surface area contributed by atoms with E-state index in [-0.39, 0.29) is 0 Å². The van der Waals surface area contributed by atoms with Crippen LogP contribution in [0.5, 0.6) is 0 Å². The van der Waals surface area contributed by atoms with Crippen LogP contribution in [0.4, 0.5) is 5.69 Å². The third-order valence-electron chi connectivity index (χ3n) is 1.61. The highest BCUT2D eigenvalue weighted by Gasteiger charge is 2.21. The molecule has 0 N–H and O–H groups in total. The van der Waals surface area contributed by atoms with Crippen LogP contribution in [-0.2, 0) is 0 Å². The molecule has 1 aromatic carbocycles. The number of nitrogens with zero attached hydrogens (tertiary/aromatic N) is 4. The highest BCUT2D eigenvalue weighted by Crippen LogP contribution is 2.20. The lowest BCUT2D eigenvalue weighted by atomic mass is 10.1. The van der Waals surface area contributed by atoms with E-state index in [9.17, 15) is 0 Å². The fraction of sp³-hybridized carbons (Fsp3) is 0.200. The molecule has 0 saturated heterocycles. The summed E-state index contributed by atoms with van der Waals surface area (Å²) in [7, 11) is 0. The zero-order valence-corrected chi connectivity index (χ0v) is 8.73. The van der Waals surface area contributed by atoms with Crippen molar-refractivity contribution in [2.24, 2.45) is 10.2 Å². The van der Waals surface area contributed by atoms with Gasteiger partial charge in [-0.05, 0) is 25.1 Å². The van der Waals surface area contributed by atoms with Gasteiger partial charge in [0.1, 0.15) is 12.1 Å². The third-order valence-corrected chi connectivity index (χ3v) is 1.84. The first-order chi connectivity index (χ1) is 7.09. The van der Waals surface area contributed by atoms with Crippen molar-refractivity contribution in [1.29, 1.82) is 10.5 Å². The number of hydrogen-bond acceptors (Lipinski definition) is 4. The van der Waals surface area contributed by atoms with E-state index in [0.717, 1.165) is 0 Å². The lowest BCUT2D eigenvalue weighted by molar-refractivity contribution is 0.720. The number of azo groups is 1. The first-order valence-corrected chi connectivity index (χ1v) is 4.48. The van der Waals surface area contributed by atoms with Gasteiger partial charge in [-0.15, -0.1) is 0 Å². The smallest absolute Gasteiger partial charge is 0.194 e. The average Bonchev–Trinajstić information content (AvgIpc) is 2.26. The van der Waals surface area contributed by atoms with E-state index < -0.39 is 5.54 Å². The molecule has 0 bridgehead atoms. The van der Waals surface area contributed by atoms with E-state index in [1.807, 2.05) is 0 Å². The summed E-state index contributed by atoms with van der Waals surface area (Å²) in [5, 5.41) is 25.3. The van der Waals surface area contributed by atoms with Crippen LogP contribution in [0.3, 0.4) is 0 Å². The maximum atomic E-state index is 8.67. The molecule has 0 fully saturated rings. The molecular formula is C10H7ClN4. The summed E-state index contributed by atoms with van der Waals surface area (Å²) >= 11 is 5.73. The number of halogens is 1. The normalized spacial score (nSPS) is 10.9. The molecule has 0 spiro atoms. The van der Waals surface area contributed by atoms with Crippen LogP contribution < -0.4 is 0 Å². The van der Waals surface area contributed by atoms with E-state index >= 15 is 0 Å². The molecule has 0 heterocycles. The lowest BCUT2D eigenvalue weighted by Crippen LogP contribution is -2.14. The van der Waals surface area contributed by atoms with Crippen LogP contribution in [0, 0.1) is 22.7 Å². The van der Waals surface area contributed by atoms with Crippen molar-refractivity contribution in [2.45, 2.75) is 12.5 Å². The number of benzene rings is 1. The molecule has 0 amide bonds. The minimum absolute atomic E-state index is 0.513. The molecule has 0 aromatic heterocycles. The van der Waals surface area contributed by atoms with Gasteiger partial charge < -0.3 is 0 Å². The minimum atomic E-state index is -1.44. The quantitative estimate of drug-likeness (QED) is 0.715. The average molecular weight is 219 g/mol. The molecule has 0 unspecified atom stereocenters. The zero-order chi connectivity index (χ0) is 11.3. The van der Waals surface area contributed by atoms with Crippen molar-refractivity contribution < 1.29 is 0 Å². The zero-order valence-electron chi connectivity index (χ0n) is 7.98. The van der Waals surface area contributed by atoms with Crippen molar-refractivity contribution in [1.82, 2.24) is 0 Å². The Morgan fingerprint density at radius 1 is 1.33 bits per heavy atom. The Labute approximate surface area is 92.4 Å². The molecule has 0 aliphatic carbocycles. The molecule has 0 saturated carbocycles. The van der Waals surface area contributed by atoms with Gasteiger partial charge in [0.15, 0.2) is 0 Å². The predicted molar refractivity (Wildman–Crippen MR) is 55.6 cm³/mol. The number of nitriles is 2. The van der Waals surface area contributed by atoms with E-state index in [1.165, 1.54) is 6.92 Å². The van der Waals surface area contributed by atoms with Gasteiger partial charge >= 0.3 is 0 Å². The minimum Gasteiger partial charge on any atom is -0.194 e. The van der Waals surface area contributed by atoms with Crippen LogP contribution in [0.2, 0.25) is 5.02 Å². The van der Waals surface area contributed by atoms with Gasteiger partial charge in [-0.2, -0.15) is 20.8 Å². The van der Waals surface area contributed by atoms with Gasteiger partial charge in [0.2, 0.25) is 5.54 Å². The number of rotatable bonds is 2. The van der Waals surface area contributed by atoms with E-state index in [4.69, 9.17) is 22.1 Å². The molecule has 0 aliphatic heterocycles. The molecule has 1 rings (SSSR count). The summed E-state index contributed by atoms with van der Waals surface area (Å²) in [4.78, 5) is 0. The van der Waals surface area contributed by atoms with Crippen molar-refractivity contribution in [3.63, 3.8) is 0 Å². The Bertz CT molecular complexity index is 453. The van der Waals surface area contributed by atoms with Crippen LogP contribution in [0.15, 0.2) is 34.5 Å². The van der Waals surface area contributed by atoms with Crippen LogP contribution >= 0.6 is 11.6 Å². The Kier molecular flexibility index (Phi) is 3.38. The Balaban J connectivity index is 2.93. The Hall–Kier alpha value is -1.91. The van der Waals surface area contributed by atoms with Gasteiger partial charge in [0, 0.05) is 5.02 Å². The first kappa shape index (κ1) is 11.2. The molecule has 74 valence electrons. The number of hydrogen-bond donors (Lipinski definition) is 0. The summed E-state index contributed by atoms with van der Waals surface area (Å²) in [6.07, 6.45) is 0. The van der Waals surface area contributed by atoms with E-state index in [1.54, 1.807) is 36.4 Å². The monoisotopic (exact) mass is 218 g/mol. The van der Waals surface area contributed by atoms with E-state index in [2.05, 4.69) is 10.2 Å². The molecular weight excluding hydrogens is 212 g/mol. The second-order valence-corrected chi connectivity index (χ2v) is 3.41. The highest BCUT2D eigenvalue weighted by molar-refractivity contribution is 6.30. The summed E-state index contributed by atoms with van der Waals surface area (Å²) in [5.74, 6) is 0. The van der Waals surface area contributed by atoms with Crippen LogP contribution in [0.25, 0.3) is 0 Å². The van der Waals surface area contributed by atoms with Crippen molar-refractivity contribution >= 4 is 17.3 Å². The van der Waals surface area contributed by atoms with Gasteiger partial charge in [-0.25, -0.2) is 0 Å². The summed E-state index contributed by atoms with van der Waals surface area (Å²) in [6.45, 7) is 1.39. The van der Waals surface area contributed by atoms with Crippen molar-refractivity contribution in [3.05, 3.63) is 29.3 Å². The molecule has 4 nitrogen and oxygen atoms in total. The van der Waals surface area contributed by atoms with Crippen molar-refractivity contribution in [3.8, 4) is 12.1 Å². The van der Waals surface area contributed by atoms with Gasteiger partial charge in [-0.3, -0.25) is 0 Å². The molecule has 5 heteroatoms. The molecule has 0 aliphatic rings. The third kappa shape index (κ3) is 3.05. The highest BCUT2D eigenvalue weighted by atomic mass is 35.5. The molecule has 1 aromatic rings. The van der Waals surface area contributed by atoms with Crippen LogP contribution in [0.1, 0.15) is 6.92 Å². The fourth-order valence-electron chi connectivity index (χ4n) is 0.766. The van der Waals surface area contributed by atoms with Crippen molar-refractivity contribution in [2.75, 3.05) is 0 Å². The standard InChI is InChI=1S/C10H7ClN4/c1-10(6-12,7-13)15-14-9-4-2-3-8(11)5-9/h2-5H,1H3. The maximum Gasteiger partial charge on any atom is 0.249 e. The molecule has 0 radical (unpaired) electrons. The van der Waals surface area contributed by atoms with Gasteiger partial charge in [-0.1, -0.05) is 17.7 Å². The largest absolute Gasteiger partial charge is 0.249 e. The topological polar surface area (TPSA) is 72.3 Å². The fourth-order valence-corrected chi connectivity index (χ4v) is 0.950. The first-order valence-electron chi connectivity index (χ1n) is 4.10. The summed E-state index contributed by atoms with van der Waals surface area (Å²) in [6, 6.07) is 10.2. The SMILES string of the molecule is CC(C#N)(C#N)N=Nc1cccc(Cl)c1. The van der Waals surface area contributed by atoms with Gasteiger partial charge in [0.05, 0.1) is 5.69 Å². The van der Waals surface area contributed by atoms with Gasteiger partial charge in [0.25, 0.3) is 0 Å². The molecule has 15 heavy (non-hydrogen) atoms. The molecule has 0 atom stereocenters. The summed E-state index contributed by atoms with van der Waals surface area (Å²) in [5.41, 5.74) is -0.929. The predicted octanol–water partition coefficient (Wildman–Crippen LogP) is 3.23. The second-order valence-electron chi connectivity index (χ2n) is 2.98. The van der Waals surface area contributed by atoms with Crippen LogP contribution in [-0.4, -0.2) is 5.54 Å². The summed E-state index contributed by atoms with van der Waals surface area (Å²) < 4.78 is 0. The van der Waals surface area contributed by atoms with E-state index in [0.29, 0.717) is 10.7 Å². The maximum absolute atomic E-state index is 8.67. The Morgan fingerprint density at radius 2 is 2.00 bits per heavy atom. The lowest BCUT2D eigenvalue weighted by Gasteiger charge is -2.02. The second kappa shape index (κ2) is 4.54.